The molecule has 0 saturated carbocycles. The quantitative estimate of drug-likeness (QED) is 0.674. The van der Waals surface area contributed by atoms with Crippen molar-refractivity contribution in [2.24, 2.45) is 5.92 Å². The average molecular weight is 369 g/mol. The fourth-order valence-corrected chi connectivity index (χ4v) is 3.05. The van der Waals surface area contributed by atoms with Gasteiger partial charge in [-0.2, -0.15) is 10.1 Å². The monoisotopic (exact) mass is 369 g/mol. The van der Waals surface area contributed by atoms with Crippen molar-refractivity contribution in [1.82, 2.24) is 40.4 Å². The standard InChI is InChI=1S/C16H19N9O2/c1-11-20-15(27-23-11)7-18-16(26)12-3-2-6-24(8-12)13-4-5-14(22-21-13)25-10-17-9-19-25/h4-5,9-10,12H,2-3,6-8H2,1H3,(H,18,26). The zero-order valence-electron chi connectivity index (χ0n) is 14.8. The van der Waals surface area contributed by atoms with Gasteiger partial charge in [0.2, 0.25) is 11.8 Å². The van der Waals surface area contributed by atoms with Crippen molar-refractivity contribution < 1.29 is 9.32 Å². The predicted octanol–water partition coefficient (Wildman–Crippen LogP) is 0.282. The van der Waals surface area contributed by atoms with Crippen molar-refractivity contribution in [3.63, 3.8) is 0 Å². The summed E-state index contributed by atoms with van der Waals surface area (Å²) < 4.78 is 6.56. The molecule has 27 heavy (non-hydrogen) atoms. The largest absolute Gasteiger partial charge is 0.354 e. The van der Waals surface area contributed by atoms with Gasteiger partial charge in [0.1, 0.15) is 12.7 Å². The van der Waals surface area contributed by atoms with Gasteiger partial charge in [0.05, 0.1) is 12.5 Å². The number of hydrogen-bond donors (Lipinski definition) is 1. The van der Waals surface area contributed by atoms with Crippen LogP contribution in [-0.2, 0) is 11.3 Å². The highest BCUT2D eigenvalue weighted by Crippen LogP contribution is 2.21. The molecule has 1 fully saturated rings. The molecule has 4 heterocycles. The van der Waals surface area contributed by atoms with Crippen molar-refractivity contribution in [3.8, 4) is 5.82 Å². The first-order chi connectivity index (χ1) is 13.2. The van der Waals surface area contributed by atoms with Gasteiger partial charge in [0.15, 0.2) is 17.5 Å². The lowest BCUT2D eigenvalue weighted by atomic mass is 9.97. The summed E-state index contributed by atoms with van der Waals surface area (Å²) in [6.45, 7) is 3.40. The van der Waals surface area contributed by atoms with E-state index in [1.807, 2.05) is 12.1 Å². The molecule has 0 bridgehead atoms. The van der Waals surface area contributed by atoms with Crippen molar-refractivity contribution in [1.29, 1.82) is 0 Å². The molecule has 1 aliphatic heterocycles. The maximum absolute atomic E-state index is 12.5. The van der Waals surface area contributed by atoms with E-state index in [0.717, 1.165) is 25.2 Å². The first-order valence-corrected chi connectivity index (χ1v) is 8.69. The van der Waals surface area contributed by atoms with E-state index < -0.39 is 0 Å². The van der Waals surface area contributed by atoms with Crippen LogP contribution in [0.5, 0.6) is 0 Å². The summed E-state index contributed by atoms with van der Waals surface area (Å²) in [7, 11) is 0. The van der Waals surface area contributed by atoms with Crippen LogP contribution in [0.15, 0.2) is 29.3 Å². The average Bonchev–Trinajstić information content (AvgIpc) is 3.38. The first-order valence-electron chi connectivity index (χ1n) is 8.69. The summed E-state index contributed by atoms with van der Waals surface area (Å²) >= 11 is 0. The summed E-state index contributed by atoms with van der Waals surface area (Å²) in [5.41, 5.74) is 0. The SMILES string of the molecule is Cc1noc(CNC(=O)C2CCCN(c3ccc(-n4cncn4)nn3)C2)n1. The molecule has 0 spiro atoms. The zero-order valence-corrected chi connectivity index (χ0v) is 14.8. The normalized spacial score (nSPS) is 17.1. The molecule has 11 nitrogen and oxygen atoms in total. The number of rotatable bonds is 5. The summed E-state index contributed by atoms with van der Waals surface area (Å²) in [4.78, 5) is 22.5. The molecule has 1 amide bonds. The smallest absolute Gasteiger partial charge is 0.246 e. The van der Waals surface area contributed by atoms with E-state index in [4.69, 9.17) is 4.52 Å². The van der Waals surface area contributed by atoms with E-state index in [9.17, 15) is 4.79 Å². The number of carbonyl (C=O) groups excluding carboxylic acids is 1. The highest BCUT2D eigenvalue weighted by molar-refractivity contribution is 5.79. The van der Waals surface area contributed by atoms with Crippen LogP contribution in [0.1, 0.15) is 24.6 Å². The Balaban J connectivity index is 1.36. The van der Waals surface area contributed by atoms with Crippen LogP contribution in [-0.4, -0.2) is 54.1 Å². The minimum atomic E-state index is -0.125. The fourth-order valence-electron chi connectivity index (χ4n) is 3.05. The molecule has 3 aromatic rings. The third-order valence-electron chi connectivity index (χ3n) is 4.39. The van der Waals surface area contributed by atoms with Gasteiger partial charge < -0.3 is 14.7 Å². The van der Waals surface area contributed by atoms with E-state index in [1.165, 1.54) is 6.33 Å². The molecule has 140 valence electrons. The molecular formula is C16H19N9O2. The number of piperidine rings is 1. The molecule has 1 atom stereocenters. The Morgan fingerprint density at radius 1 is 1.33 bits per heavy atom. The number of aromatic nitrogens is 7. The van der Waals surface area contributed by atoms with Crippen LogP contribution in [0, 0.1) is 12.8 Å². The molecule has 0 aliphatic carbocycles. The molecule has 0 aromatic carbocycles. The Kier molecular flexibility index (Phi) is 4.73. The lowest BCUT2D eigenvalue weighted by Gasteiger charge is -2.32. The predicted molar refractivity (Wildman–Crippen MR) is 92.8 cm³/mol. The van der Waals surface area contributed by atoms with Crippen molar-refractivity contribution >= 4 is 11.7 Å². The Morgan fingerprint density at radius 3 is 2.89 bits per heavy atom. The minimum absolute atomic E-state index is 0.0252. The third kappa shape index (κ3) is 3.91. The van der Waals surface area contributed by atoms with E-state index in [2.05, 4.69) is 40.6 Å². The maximum Gasteiger partial charge on any atom is 0.246 e. The molecule has 4 rings (SSSR count). The number of amides is 1. The van der Waals surface area contributed by atoms with Gasteiger partial charge in [-0.05, 0) is 31.9 Å². The Hall–Kier alpha value is -3.37. The molecule has 1 N–H and O–H groups in total. The van der Waals surface area contributed by atoms with Crippen LogP contribution in [0.3, 0.4) is 0 Å². The lowest BCUT2D eigenvalue weighted by molar-refractivity contribution is -0.125. The number of carbonyl (C=O) groups is 1. The Morgan fingerprint density at radius 2 is 2.19 bits per heavy atom. The van der Waals surface area contributed by atoms with Gasteiger partial charge in [-0.1, -0.05) is 5.16 Å². The van der Waals surface area contributed by atoms with Crippen LogP contribution < -0.4 is 10.2 Å². The second-order valence-electron chi connectivity index (χ2n) is 6.33. The molecule has 1 saturated heterocycles. The number of nitrogens with zero attached hydrogens (tertiary/aromatic N) is 8. The van der Waals surface area contributed by atoms with Crippen LogP contribution >= 0.6 is 0 Å². The van der Waals surface area contributed by atoms with Gasteiger partial charge >= 0.3 is 0 Å². The minimum Gasteiger partial charge on any atom is -0.354 e. The van der Waals surface area contributed by atoms with Crippen LogP contribution in [0.4, 0.5) is 5.82 Å². The molecule has 1 unspecified atom stereocenters. The van der Waals surface area contributed by atoms with Gasteiger partial charge in [0, 0.05) is 13.1 Å². The first kappa shape index (κ1) is 17.1. The van der Waals surface area contributed by atoms with E-state index >= 15 is 0 Å². The molecular weight excluding hydrogens is 350 g/mol. The number of aryl methyl sites for hydroxylation is 1. The number of anilines is 1. The molecule has 11 heteroatoms. The topological polar surface area (TPSA) is 128 Å². The van der Waals surface area contributed by atoms with E-state index in [-0.39, 0.29) is 18.4 Å². The van der Waals surface area contributed by atoms with Crippen molar-refractivity contribution in [2.45, 2.75) is 26.3 Å². The fraction of sp³-hybridized carbons (Fsp3) is 0.438. The lowest BCUT2D eigenvalue weighted by Crippen LogP contribution is -2.43. The number of hydrogen-bond acceptors (Lipinski definition) is 9. The molecule has 3 aromatic heterocycles. The zero-order chi connectivity index (χ0) is 18.6. The summed E-state index contributed by atoms with van der Waals surface area (Å²) in [5, 5.41) is 19.1. The summed E-state index contributed by atoms with van der Waals surface area (Å²) in [6, 6.07) is 3.71. The number of nitrogens with one attached hydrogen (secondary N) is 1. The Labute approximate surface area is 154 Å². The van der Waals surface area contributed by atoms with E-state index in [1.54, 1.807) is 17.9 Å². The highest BCUT2D eigenvalue weighted by atomic mass is 16.5. The van der Waals surface area contributed by atoms with Gasteiger partial charge in [0.25, 0.3) is 0 Å². The molecule has 1 aliphatic rings. The Bertz CT molecular complexity index is 891. The summed E-state index contributed by atoms with van der Waals surface area (Å²) in [6.07, 6.45) is 4.74. The second-order valence-corrected chi connectivity index (χ2v) is 6.33. The van der Waals surface area contributed by atoms with Gasteiger partial charge in [-0.25, -0.2) is 9.67 Å². The van der Waals surface area contributed by atoms with Crippen molar-refractivity contribution in [3.05, 3.63) is 36.5 Å². The van der Waals surface area contributed by atoms with E-state index in [0.29, 0.717) is 24.1 Å². The van der Waals surface area contributed by atoms with Gasteiger partial charge in [-0.3, -0.25) is 4.79 Å². The second kappa shape index (κ2) is 7.48. The highest BCUT2D eigenvalue weighted by Gasteiger charge is 2.27. The summed E-state index contributed by atoms with van der Waals surface area (Å²) in [5.74, 6) is 2.14. The maximum atomic E-state index is 12.5. The third-order valence-corrected chi connectivity index (χ3v) is 4.39. The molecule has 0 radical (unpaired) electrons. The van der Waals surface area contributed by atoms with Crippen LogP contribution in [0.2, 0.25) is 0 Å². The van der Waals surface area contributed by atoms with Crippen molar-refractivity contribution in [2.75, 3.05) is 18.0 Å². The van der Waals surface area contributed by atoms with Gasteiger partial charge in [-0.15, -0.1) is 10.2 Å². The van der Waals surface area contributed by atoms with Crippen LogP contribution in [0.25, 0.3) is 5.82 Å².